The number of anilines is 1. The van der Waals surface area contributed by atoms with E-state index in [2.05, 4.69) is 11.4 Å². The van der Waals surface area contributed by atoms with E-state index in [1.165, 1.54) is 9.87 Å². The molecule has 1 aliphatic rings. The van der Waals surface area contributed by atoms with Crippen LogP contribution in [0.2, 0.25) is 0 Å². The average Bonchev–Trinajstić information content (AvgIpc) is 3.05. The second-order valence-corrected chi connectivity index (χ2v) is 8.41. The standard InChI is InChI=1S/C19H22N2O3S/c1-14-6-3-7-15(12-14)16-8-4-9-17(13-16)20-19(22)18-10-5-11-21(18)25(2,23)24/h3-4,6-9,12-13,18H,5,10-11H2,1-2H3,(H,20,22)/t18-/m1/s1. The minimum atomic E-state index is -3.37. The number of sulfonamides is 1. The van der Waals surface area contributed by atoms with Gasteiger partial charge in [-0.3, -0.25) is 4.79 Å². The molecule has 0 radical (unpaired) electrons. The molecule has 3 rings (SSSR count). The first-order valence-corrected chi connectivity index (χ1v) is 10.1. The minimum absolute atomic E-state index is 0.274. The van der Waals surface area contributed by atoms with Gasteiger partial charge in [-0.15, -0.1) is 0 Å². The third-order valence-electron chi connectivity index (χ3n) is 4.41. The lowest BCUT2D eigenvalue weighted by Crippen LogP contribution is -2.42. The van der Waals surface area contributed by atoms with Crippen LogP contribution < -0.4 is 5.32 Å². The van der Waals surface area contributed by atoms with Crippen LogP contribution in [-0.2, 0) is 14.8 Å². The number of nitrogens with one attached hydrogen (secondary N) is 1. The van der Waals surface area contributed by atoms with Gasteiger partial charge in [0, 0.05) is 12.2 Å². The summed E-state index contributed by atoms with van der Waals surface area (Å²) in [5.74, 6) is -0.274. The summed E-state index contributed by atoms with van der Waals surface area (Å²) in [6.45, 7) is 2.44. The largest absolute Gasteiger partial charge is 0.325 e. The van der Waals surface area contributed by atoms with Gasteiger partial charge in [-0.1, -0.05) is 42.0 Å². The molecule has 1 aliphatic heterocycles. The van der Waals surface area contributed by atoms with Crippen LogP contribution in [-0.4, -0.2) is 37.5 Å². The summed E-state index contributed by atoms with van der Waals surface area (Å²) >= 11 is 0. The Hall–Kier alpha value is -2.18. The van der Waals surface area contributed by atoms with Crippen LogP contribution >= 0.6 is 0 Å². The minimum Gasteiger partial charge on any atom is -0.325 e. The van der Waals surface area contributed by atoms with Crippen molar-refractivity contribution in [2.24, 2.45) is 0 Å². The van der Waals surface area contributed by atoms with Crippen molar-refractivity contribution in [3.8, 4) is 11.1 Å². The first-order chi connectivity index (χ1) is 11.8. The number of amides is 1. The van der Waals surface area contributed by atoms with E-state index in [9.17, 15) is 13.2 Å². The first-order valence-electron chi connectivity index (χ1n) is 8.29. The molecule has 5 nitrogen and oxygen atoms in total. The zero-order valence-electron chi connectivity index (χ0n) is 14.4. The second-order valence-electron chi connectivity index (χ2n) is 6.47. The number of carbonyl (C=O) groups is 1. The van der Waals surface area contributed by atoms with E-state index in [0.717, 1.165) is 17.4 Å². The molecular weight excluding hydrogens is 336 g/mol. The molecule has 2 aromatic rings. The quantitative estimate of drug-likeness (QED) is 0.913. The molecule has 0 spiro atoms. The van der Waals surface area contributed by atoms with Crippen molar-refractivity contribution in [2.45, 2.75) is 25.8 Å². The summed E-state index contributed by atoms with van der Waals surface area (Å²) in [7, 11) is -3.37. The van der Waals surface area contributed by atoms with Crippen LogP contribution in [0.25, 0.3) is 11.1 Å². The van der Waals surface area contributed by atoms with Crippen molar-refractivity contribution in [3.05, 3.63) is 54.1 Å². The van der Waals surface area contributed by atoms with Gasteiger partial charge in [-0.2, -0.15) is 4.31 Å². The molecule has 1 atom stereocenters. The predicted molar refractivity (Wildman–Crippen MR) is 99.8 cm³/mol. The van der Waals surface area contributed by atoms with Crippen molar-refractivity contribution in [2.75, 3.05) is 18.1 Å². The van der Waals surface area contributed by atoms with Crippen LogP contribution in [0.4, 0.5) is 5.69 Å². The van der Waals surface area contributed by atoms with E-state index in [-0.39, 0.29) is 5.91 Å². The Morgan fingerprint density at radius 3 is 2.48 bits per heavy atom. The van der Waals surface area contributed by atoms with Crippen molar-refractivity contribution < 1.29 is 13.2 Å². The van der Waals surface area contributed by atoms with Gasteiger partial charge in [0.15, 0.2) is 0 Å². The highest BCUT2D eigenvalue weighted by Crippen LogP contribution is 2.25. The Balaban J connectivity index is 1.79. The lowest BCUT2D eigenvalue weighted by molar-refractivity contribution is -0.119. The van der Waals surface area contributed by atoms with Gasteiger partial charge in [0.25, 0.3) is 0 Å². The number of carbonyl (C=O) groups excluding carboxylic acids is 1. The predicted octanol–water partition coefficient (Wildman–Crippen LogP) is 3.02. The third kappa shape index (κ3) is 4.08. The molecule has 1 fully saturated rings. The Morgan fingerprint density at radius 1 is 1.12 bits per heavy atom. The molecule has 132 valence electrons. The number of rotatable bonds is 4. The van der Waals surface area contributed by atoms with Gasteiger partial charge in [0.05, 0.1) is 6.26 Å². The normalized spacial score (nSPS) is 18.2. The number of benzene rings is 2. The second kappa shape index (κ2) is 6.98. The fourth-order valence-corrected chi connectivity index (χ4v) is 4.35. The smallest absolute Gasteiger partial charge is 0.242 e. The molecule has 0 aliphatic carbocycles. The van der Waals surface area contributed by atoms with E-state index in [4.69, 9.17) is 0 Å². The summed E-state index contributed by atoms with van der Waals surface area (Å²) in [5.41, 5.74) is 3.92. The number of aryl methyl sites for hydroxylation is 1. The topological polar surface area (TPSA) is 66.5 Å². The molecule has 1 N–H and O–H groups in total. The van der Waals surface area contributed by atoms with Crippen molar-refractivity contribution in [1.82, 2.24) is 4.31 Å². The van der Waals surface area contributed by atoms with Gasteiger partial charge >= 0.3 is 0 Å². The van der Waals surface area contributed by atoms with Gasteiger partial charge in [-0.05, 0) is 43.0 Å². The Labute approximate surface area is 148 Å². The zero-order chi connectivity index (χ0) is 18.0. The third-order valence-corrected chi connectivity index (χ3v) is 5.70. The Morgan fingerprint density at radius 2 is 1.80 bits per heavy atom. The van der Waals surface area contributed by atoms with Crippen molar-refractivity contribution >= 4 is 21.6 Å². The maximum atomic E-state index is 12.6. The Kier molecular flexibility index (Phi) is 4.92. The van der Waals surface area contributed by atoms with Gasteiger partial charge < -0.3 is 5.32 Å². The molecular formula is C19H22N2O3S. The average molecular weight is 358 g/mol. The van der Waals surface area contributed by atoms with Crippen LogP contribution in [0, 0.1) is 6.92 Å². The summed E-state index contributed by atoms with van der Waals surface area (Å²) in [5, 5.41) is 2.87. The Bertz CT molecular complexity index is 893. The molecule has 2 aromatic carbocycles. The zero-order valence-corrected chi connectivity index (χ0v) is 15.2. The maximum Gasteiger partial charge on any atom is 0.242 e. The first kappa shape index (κ1) is 17.6. The van der Waals surface area contributed by atoms with Gasteiger partial charge in [0.1, 0.15) is 6.04 Å². The van der Waals surface area contributed by atoms with E-state index in [1.807, 2.05) is 49.4 Å². The molecule has 1 saturated heterocycles. The number of hydrogen-bond acceptors (Lipinski definition) is 3. The van der Waals surface area contributed by atoms with Crippen molar-refractivity contribution in [3.63, 3.8) is 0 Å². The monoisotopic (exact) mass is 358 g/mol. The van der Waals surface area contributed by atoms with Crippen LogP contribution in [0.15, 0.2) is 48.5 Å². The molecule has 1 amide bonds. The molecule has 0 aromatic heterocycles. The fraction of sp³-hybridized carbons (Fsp3) is 0.316. The molecule has 6 heteroatoms. The highest BCUT2D eigenvalue weighted by Gasteiger charge is 2.36. The summed E-state index contributed by atoms with van der Waals surface area (Å²) in [6, 6.07) is 15.1. The van der Waals surface area contributed by atoms with E-state index in [0.29, 0.717) is 25.1 Å². The molecule has 25 heavy (non-hydrogen) atoms. The van der Waals surface area contributed by atoms with Crippen LogP contribution in [0.3, 0.4) is 0 Å². The molecule has 0 bridgehead atoms. The van der Waals surface area contributed by atoms with Crippen LogP contribution in [0.1, 0.15) is 18.4 Å². The number of hydrogen-bond donors (Lipinski definition) is 1. The van der Waals surface area contributed by atoms with Crippen LogP contribution in [0.5, 0.6) is 0 Å². The fourth-order valence-electron chi connectivity index (χ4n) is 3.23. The molecule has 0 unspecified atom stereocenters. The number of nitrogens with zero attached hydrogens (tertiary/aromatic N) is 1. The summed E-state index contributed by atoms with van der Waals surface area (Å²) in [4.78, 5) is 12.6. The summed E-state index contributed by atoms with van der Waals surface area (Å²) < 4.78 is 24.9. The van der Waals surface area contributed by atoms with E-state index >= 15 is 0 Å². The summed E-state index contributed by atoms with van der Waals surface area (Å²) in [6.07, 6.45) is 2.40. The SMILES string of the molecule is Cc1cccc(-c2cccc(NC(=O)[C@H]3CCCN3S(C)(=O)=O)c2)c1. The van der Waals surface area contributed by atoms with Crippen molar-refractivity contribution in [1.29, 1.82) is 0 Å². The molecule has 1 heterocycles. The molecule has 0 saturated carbocycles. The highest BCUT2D eigenvalue weighted by molar-refractivity contribution is 7.88. The van der Waals surface area contributed by atoms with Gasteiger partial charge in [-0.25, -0.2) is 8.42 Å². The lowest BCUT2D eigenvalue weighted by Gasteiger charge is -2.21. The lowest BCUT2D eigenvalue weighted by atomic mass is 10.0. The van der Waals surface area contributed by atoms with E-state index in [1.54, 1.807) is 0 Å². The van der Waals surface area contributed by atoms with E-state index < -0.39 is 16.1 Å². The highest BCUT2D eigenvalue weighted by atomic mass is 32.2. The van der Waals surface area contributed by atoms with Gasteiger partial charge in [0.2, 0.25) is 15.9 Å². The maximum absolute atomic E-state index is 12.6.